The molecule has 1 heteroatoms. The van der Waals surface area contributed by atoms with Crippen LogP contribution in [0.25, 0.3) is 0 Å². The maximum Gasteiger partial charge on any atom is 0.0283 e. The molecule has 1 aromatic rings. The molecule has 14 heavy (non-hydrogen) atoms. The predicted molar refractivity (Wildman–Crippen MR) is 61.8 cm³/mol. The molecule has 0 atom stereocenters. The van der Waals surface area contributed by atoms with E-state index in [1.54, 1.807) is 0 Å². The average Bonchev–Trinajstić information content (AvgIpc) is 2.69. The van der Waals surface area contributed by atoms with E-state index in [0.29, 0.717) is 5.41 Å². The smallest absolute Gasteiger partial charge is 0.0283 e. The van der Waals surface area contributed by atoms with Crippen LogP contribution in [0.3, 0.4) is 0 Å². The molecule has 0 aliphatic heterocycles. The Balaban J connectivity index is 2.08. The van der Waals surface area contributed by atoms with E-state index in [-0.39, 0.29) is 0 Å². The van der Waals surface area contributed by atoms with Gasteiger partial charge in [0.15, 0.2) is 0 Å². The molecular weight excluding hydrogens is 192 g/mol. The first-order valence-corrected chi connectivity index (χ1v) is 5.98. The molecule has 1 aromatic carbocycles. The Morgan fingerprint density at radius 3 is 2.29 bits per heavy atom. The molecule has 0 unspecified atom stereocenters. The lowest BCUT2D eigenvalue weighted by Gasteiger charge is -2.26. The molecule has 0 heterocycles. The largest absolute Gasteiger partial charge is 0.126 e. The summed E-state index contributed by atoms with van der Waals surface area (Å²) in [5, 5.41) is 0. The Hall–Kier alpha value is -0.490. The molecule has 0 N–H and O–H groups in total. The lowest BCUT2D eigenvalue weighted by atomic mass is 9.82. The lowest BCUT2D eigenvalue weighted by Crippen LogP contribution is -2.21. The van der Waals surface area contributed by atoms with E-state index in [1.807, 2.05) is 0 Å². The van der Waals surface area contributed by atoms with Crippen molar-refractivity contribution in [3.05, 3.63) is 35.9 Å². The fourth-order valence-corrected chi connectivity index (χ4v) is 2.87. The summed E-state index contributed by atoms with van der Waals surface area (Å²) in [4.78, 5) is 0. The van der Waals surface area contributed by atoms with E-state index in [4.69, 9.17) is 11.6 Å². The average molecular weight is 209 g/mol. The molecule has 76 valence electrons. The van der Waals surface area contributed by atoms with Gasteiger partial charge in [0.25, 0.3) is 0 Å². The highest BCUT2D eigenvalue weighted by atomic mass is 35.5. The van der Waals surface area contributed by atoms with Gasteiger partial charge in [-0.3, -0.25) is 0 Å². The third kappa shape index (κ3) is 2.12. The number of halogens is 1. The van der Waals surface area contributed by atoms with Gasteiger partial charge in [-0.25, -0.2) is 0 Å². The highest BCUT2D eigenvalue weighted by Gasteiger charge is 2.32. The minimum absolute atomic E-state index is 0.406. The van der Waals surface area contributed by atoms with E-state index in [2.05, 4.69) is 30.3 Å². The van der Waals surface area contributed by atoms with Crippen molar-refractivity contribution in [3.63, 3.8) is 0 Å². The van der Waals surface area contributed by atoms with Crippen LogP contribution in [0.4, 0.5) is 0 Å². The summed E-state index contributed by atoms with van der Waals surface area (Å²) in [6.07, 6.45) is 6.51. The third-order valence-corrected chi connectivity index (χ3v) is 3.94. The van der Waals surface area contributed by atoms with Crippen LogP contribution in [0.15, 0.2) is 30.3 Å². The Bertz CT molecular complexity index is 273. The minimum atomic E-state index is 0.406. The van der Waals surface area contributed by atoms with Crippen LogP contribution in [-0.2, 0) is 6.42 Å². The van der Waals surface area contributed by atoms with Gasteiger partial charge < -0.3 is 0 Å². The van der Waals surface area contributed by atoms with E-state index >= 15 is 0 Å². The summed E-state index contributed by atoms with van der Waals surface area (Å²) in [7, 11) is 0. The molecule has 1 aliphatic rings. The topological polar surface area (TPSA) is 0 Å². The van der Waals surface area contributed by atoms with Gasteiger partial charge in [0.2, 0.25) is 0 Å². The summed E-state index contributed by atoms with van der Waals surface area (Å²) in [6.45, 7) is 0. The molecular formula is C13H17Cl. The monoisotopic (exact) mass is 208 g/mol. The second kappa shape index (κ2) is 4.35. The summed E-state index contributed by atoms with van der Waals surface area (Å²) >= 11 is 6.11. The van der Waals surface area contributed by atoms with Crippen molar-refractivity contribution in [1.29, 1.82) is 0 Å². The first-order valence-electron chi connectivity index (χ1n) is 5.45. The highest BCUT2D eigenvalue weighted by Crippen LogP contribution is 2.41. The molecule has 0 nitrogen and oxygen atoms in total. The van der Waals surface area contributed by atoms with Crippen LogP contribution in [0.1, 0.15) is 31.2 Å². The third-order valence-electron chi connectivity index (χ3n) is 3.37. The second-order valence-electron chi connectivity index (χ2n) is 4.50. The fourth-order valence-electron chi connectivity index (χ4n) is 2.51. The van der Waals surface area contributed by atoms with Gasteiger partial charge in [-0.15, -0.1) is 11.6 Å². The molecule has 0 aromatic heterocycles. The van der Waals surface area contributed by atoms with Gasteiger partial charge in [-0.1, -0.05) is 43.2 Å². The molecule has 1 aliphatic carbocycles. The zero-order valence-corrected chi connectivity index (χ0v) is 9.26. The zero-order chi connectivity index (χ0) is 9.86. The number of alkyl halides is 1. The van der Waals surface area contributed by atoms with Gasteiger partial charge in [0.05, 0.1) is 0 Å². The second-order valence-corrected chi connectivity index (χ2v) is 4.77. The molecule has 2 rings (SSSR count). The lowest BCUT2D eigenvalue weighted by molar-refractivity contribution is 0.341. The van der Waals surface area contributed by atoms with Crippen molar-refractivity contribution in [1.82, 2.24) is 0 Å². The van der Waals surface area contributed by atoms with Crippen LogP contribution < -0.4 is 0 Å². The number of hydrogen-bond donors (Lipinski definition) is 0. The van der Waals surface area contributed by atoms with Crippen molar-refractivity contribution in [2.45, 2.75) is 32.1 Å². The van der Waals surface area contributed by atoms with E-state index in [0.717, 1.165) is 12.3 Å². The van der Waals surface area contributed by atoms with Crippen molar-refractivity contribution in [2.75, 3.05) is 5.88 Å². The first-order chi connectivity index (χ1) is 6.85. The summed E-state index contributed by atoms with van der Waals surface area (Å²) in [5.41, 5.74) is 1.85. The standard InChI is InChI=1S/C13H17Cl/c14-11-13(8-4-5-9-13)10-12-6-2-1-3-7-12/h1-3,6-7H,4-5,8-11H2. The first kappa shape index (κ1) is 10.0. The fraction of sp³-hybridized carbons (Fsp3) is 0.538. The summed E-state index contributed by atoms with van der Waals surface area (Å²) in [6, 6.07) is 10.7. The maximum absolute atomic E-state index is 6.11. The van der Waals surface area contributed by atoms with Gasteiger partial charge in [0, 0.05) is 5.88 Å². The van der Waals surface area contributed by atoms with E-state index < -0.39 is 0 Å². The molecule has 0 radical (unpaired) electrons. The van der Waals surface area contributed by atoms with Crippen molar-refractivity contribution in [3.8, 4) is 0 Å². The van der Waals surface area contributed by atoms with Crippen molar-refractivity contribution in [2.24, 2.45) is 5.41 Å². The van der Waals surface area contributed by atoms with Crippen molar-refractivity contribution < 1.29 is 0 Å². The zero-order valence-electron chi connectivity index (χ0n) is 8.51. The molecule has 1 fully saturated rings. The van der Waals surface area contributed by atoms with Crippen LogP contribution in [-0.4, -0.2) is 5.88 Å². The van der Waals surface area contributed by atoms with Crippen LogP contribution in [0.5, 0.6) is 0 Å². The number of rotatable bonds is 3. The van der Waals surface area contributed by atoms with Crippen LogP contribution in [0, 0.1) is 5.41 Å². The summed E-state index contributed by atoms with van der Waals surface area (Å²) < 4.78 is 0. The number of hydrogen-bond acceptors (Lipinski definition) is 0. The summed E-state index contributed by atoms with van der Waals surface area (Å²) in [5.74, 6) is 0.821. The van der Waals surface area contributed by atoms with Crippen LogP contribution in [0.2, 0.25) is 0 Å². The van der Waals surface area contributed by atoms with Gasteiger partial charge in [-0.2, -0.15) is 0 Å². The van der Waals surface area contributed by atoms with Gasteiger partial charge in [-0.05, 0) is 30.2 Å². The maximum atomic E-state index is 6.11. The quantitative estimate of drug-likeness (QED) is 0.658. The van der Waals surface area contributed by atoms with Crippen LogP contribution >= 0.6 is 11.6 Å². The normalized spacial score (nSPS) is 19.8. The van der Waals surface area contributed by atoms with Crippen molar-refractivity contribution >= 4 is 11.6 Å². The Kier molecular flexibility index (Phi) is 3.12. The molecule has 0 saturated heterocycles. The van der Waals surface area contributed by atoms with E-state index in [1.165, 1.54) is 31.2 Å². The predicted octanol–water partition coefficient (Wildman–Crippen LogP) is 4.03. The van der Waals surface area contributed by atoms with Gasteiger partial charge in [0.1, 0.15) is 0 Å². The highest BCUT2D eigenvalue weighted by molar-refractivity contribution is 6.18. The SMILES string of the molecule is ClCC1(Cc2ccccc2)CCCC1. The Morgan fingerprint density at radius 2 is 1.71 bits per heavy atom. The Labute approximate surface area is 91.3 Å². The Morgan fingerprint density at radius 1 is 1.07 bits per heavy atom. The van der Waals surface area contributed by atoms with Gasteiger partial charge >= 0.3 is 0 Å². The molecule has 0 amide bonds. The molecule has 0 bridgehead atoms. The van der Waals surface area contributed by atoms with E-state index in [9.17, 15) is 0 Å². The molecule has 0 spiro atoms. The molecule has 1 saturated carbocycles. The number of benzene rings is 1. The minimum Gasteiger partial charge on any atom is -0.126 e.